The molecule has 2 nitrogen and oxygen atoms in total. The van der Waals surface area contributed by atoms with Gasteiger partial charge in [-0.15, -0.1) is 0 Å². The van der Waals surface area contributed by atoms with E-state index in [9.17, 15) is 0 Å². The summed E-state index contributed by atoms with van der Waals surface area (Å²) in [4.78, 5) is 4.66. The third-order valence-corrected chi connectivity index (χ3v) is 3.88. The number of hydrogen-bond donors (Lipinski definition) is 0. The largest absolute Gasteiger partial charge is 0.365 e. The van der Waals surface area contributed by atoms with Crippen LogP contribution in [0.25, 0.3) is 0 Å². The van der Waals surface area contributed by atoms with E-state index in [1.165, 1.54) is 0 Å². The van der Waals surface area contributed by atoms with E-state index in [0.717, 1.165) is 25.3 Å². The summed E-state index contributed by atoms with van der Waals surface area (Å²) in [6.07, 6.45) is 0. The first-order valence-corrected chi connectivity index (χ1v) is 6.24. The predicted molar refractivity (Wildman–Crippen MR) is 70.8 cm³/mol. The minimum atomic E-state index is 0.467. The smallest absolute Gasteiger partial charge is 0.0825 e. The quantitative estimate of drug-likeness (QED) is 0.764. The van der Waals surface area contributed by atoms with Gasteiger partial charge in [0.1, 0.15) is 0 Å². The average molecular weight is 259 g/mol. The van der Waals surface area contributed by atoms with E-state index in [1.807, 2.05) is 18.2 Å². The fourth-order valence-electron chi connectivity index (χ4n) is 2.21. The van der Waals surface area contributed by atoms with Crippen LogP contribution >= 0.6 is 23.2 Å². The van der Waals surface area contributed by atoms with Crippen molar-refractivity contribution >= 4 is 28.9 Å². The van der Waals surface area contributed by atoms with Crippen LogP contribution in [0.5, 0.6) is 0 Å². The number of likely N-dealkylation sites (N-methyl/N-ethyl adjacent to an activating group) is 1. The molecule has 1 unspecified atom stereocenters. The molecule has 16 heavy (non-hydrogen) atoms. The SMILES string of the molecule is CC1CN(C)CCN1c1cccc(Cl)c1Cl. The minimum Gasteiger partial charge on any atom is -0.365 e. The molecule has 2 rings (SSSR count). The molecule has 88 valence electrons. The lowest BCUT2D eigenvalue weighted by Gasteiger charge is -2.40. The summed E-state index contributed by atoms with van der Waals surface area (Å²) < 4.78 is 0. The second-order valence-corrected chi connectivity index (χ2v) is 5.16. The summed E-state index contributed by atoms with van der Waals surface area (Å²) in [5.41, 5.74) is 1.05. The maximum atomic E-state index is 6.24. The third kappa shape index (κ3) is 2.29. The van der Waals surface area contributed by atoms with Gasteiger partial charge in [0.2, 0.25) is 0 Å². The molecule has 1 aliphatic rings. The van der Waals surface area contributed by atoms with Crippen molar-refractivity contribution in [3.8, 4) is 0 Å². The Morgan fingerprint density at radius 1 is 1.25 bits per heavy atom. The van der Waals surface area contributed by atoms with Crippen LogP contribution in [0.4, 0.5) is 5.69 Å². The molecule has 4 heteroatoms. The molecular formula is C12H16Cl2N2. The molecule has 0 N–H and O–H groups in total. The highest BCUT2D eigenvalue weighted by molar-refractivity contribution is 6.43. The first-order chi connectivity index (χ1) is 7.59. The molecule has 0 amide bonds. The minimum absolute atomic E-state index is 0.467. The Hall–Kier alpha value is -0.440. The molecule has 1 fully saturated rings. The summed E-state index contributed by atoms with van der Waals surface area (Å²) in [5.74, 6) is 0. The van der Waals surface area contributed by atoms with E-state index in [4.69, 9.17) is 23.2 Å². The Kier molecular flexibility index (Phi) is 3.63. The van der Waals surface area contributed by atoms with Gasteiger partial charge in [0.05, 0.1) is 15.7 Å². The summed E-state index contributed by atoms with van der Waals surface area (Å²) >= 11 is 12.3. The fourth-order valence-corrected chi connectivity index (χ4v) is 2.62. The van der Waals surface area contributed by atoms with Gasteiger partial charge in [-0.2, -0.15) is 0 Å². The number of hydrogen-bond acceptors (Lipinski definition) is 2. The molecule has 0 radical (unpaired) electrons. The lowest BCUT2D eigenvalue weighted by Crippen LogP contribution is -2.50. The monoisotopic (exact) mass is 258 g/mol. The zero-order valence-electron chi connectivity index (χ0n) is 9.58. The Morgan fingerprint density at radius 2 is 2.00 bits per heavy atom. The number of anilines is 1. The van der Waals surface area contributed by atoms with Crippen molar-refractivity contribution in [1.82, 2.24) is 4.90 Å². The summed E-state index contributed by atoms with van der Waals surface area (Å²) in [6, 6.07) is 6.29. The van der Waals surface area contributed by atoms with Crippen LogP contribution in [0, 0.1) is 0 Å². The van der Waals surface area contributed by atoms with E-state index in [0.29, 0.717) is 16.1 Å². The van der Waals surface area contributed by atoms with Gasteiger partial charge in [-0.05, 0) is 26.1 Å². The van der Waals surface area contributed by atoms with Crippen LogP contribution in [-0.2, 0) is 0 Å². The highest BCUT2D eigenvalue weighted by Gasteiger charge is 2.23. The molecular weight excluding hydrogens is 243 g/mol. The van der Waals surface area contributed by atoms with Crippen LogP contribution in [0.3, 0.4) is 0 Å². The van der Waals surface area contributed by atoms with Gasteiger partial charge < -0.3 is 9.80 Å². The lowest BCUT2D eigenvalue weighted by atomic mass is 10.1. The first kappa shape index (κ1) is 12.0. The average Bonchev–Trinajstić information content (AvgIpc) is 2.23. The molecule has 0 saturated carbocycles. The van der Waals surface area contributed by atoms with E-state index >= 15 is 0 Å². The molecule has 1 heterocycles. The molecule has 0 spiro atoms. The molecule has 0 aromatic heterocycles. The maximum absolute atomic E-state index is 6.24. The second-order valence-electron chi connectivity index (χ2n) is 4.38. The molecule has 1 aromatic carbocycles. The van der Waals surface area contributed by atoms with Crippen LogP contribution in [0.2, 0.25) is 10.0 Å². The number of benzene rings is 1. The number of nitrogens with zero attached hydrogens (tertiary/aromatic N) is 2. The molecule has 0 aliphatic carbocycles. The second kappa shape index (κ2) is 4.82. The number of piperazine rings is 1. The van der Waals surface area contributed by atoms with Crippen molar-refractivity contribution in [1.29, 1.82) is 0 Å². The zero-order chi connectivity index (χ0) is 11.7. The van der Waals surface area contributed by atoms with Gasteiger partial charge in [-0.25, -0.2) is 0 Å². The van der Waals surface area contributed by atoms with Gasteiger partial charge >= 0.3 is 0 Å². The van der Waals surface area contributed by atoms with Crippen molar-refractivity contribution < 1.29 is 0 Å². The van der Waals surface area contributed by atoms with E-state index in [2.05, 4.69) is 23.8 Å². The fraction of sp³-hybridized carbons (Fsp3) is 0.500. The van der Waals surface area contributed by atoms with Crippen LogP contribution in [-0.4, -0.2) is 37.6 Å². The van der Waals surface area contributed by atoms with E-state index in [1.54, 1.807) is 0 Å². The van der Waals surface area contributed by atoms with Crippen molar-refractivity contribution in [3.05, 3.63) is 28.2 Å². The normalized spacial score (nSPS) is 22.5. The van der Waals surface area contributed by atoms with Crippen molar-refractivity contribution in [3.63, 3.8) is 0 Å². The highest BCUT2D eigenvalue weighted by Crippen LogP contribution is 2.34. The standard InChI is InChI=1S/C12H16Cl2N2/c1-9-8-15(2)6-7-16(9)11-5-3-4-10(13)12(11)14/h3-5,9H,6-8H2,1-2H3. The molecule has 1 saturated heterocycles. The molecule has 1 aliphatic heterocycles. The summed E-state index contributed by atoms with van der Waals surface area (Å²) in [6.45, 7) is 5.33. The van der Waals surface area contributed by atoms with E-state index in [-0.39, 0.29) is 0 Å². The maximum Gasteiger partial charge on any atom is 0.0825 e. The predicted octanol–water partition coefficient (Wildman–Crippen LogP) is 3.13. The number of rotatable bonds is 1. The van der Waals surface area contributed by atoms with Crippen LogP contribution < -0.4 is 4.90 Å². The van der Waals surface area contributed by atoms with Gasteiger partial charge in [0, 0.05) is 25.7 Å². The molecule has 0 bridgehead atoms. The Balaban J connectivity index is 2.27. The topological polar surface area (TPSA) is 6.48 Å². The lowest BCUT2D eigenvalue weighted by molar-refractivity contribution is 0.275. The van der Waals surface area contributed by atoms with Crippen molar-refractivity contribution in [2.75, 3.05) is 31.6 Å². The molecule has 1 atom stereocenters. The van der Waals surface area contributed by atoms with Gasteiger partial charge in [-0.1, -0.05) is 29.3 Å². The number of halogens is 2. The Morgan fingerprint density at radius 3 is 2.69 bits per heavy atom. The Bertz CT molecular complexity index is 381. The van der Waals surface area contributed by atoms with Gasteiger partial charge in [-0.3, -0.25) is 0 Å². The summed E-state index contributed by atoms with van der Waals surface area (Å²) in [7, 11) is 2.15. The van der Waals surface area contributed by atoms with Crippen molar-refractivity contribution in [2.24, 2.45) is 0 Å². The Labute approximate surface area is 107 Å². The first-order valence-electron chi connectivity index (χ1n) is 5.49. The van der Waals surface area contributed by atoms with Crippen molar-refractivity contribution in [2.45, 2.75) is 13.0 Å². The zero-order valence-corrected chi connectivity index (χ0v) is 11.1. The van der Waals surface area contributed by atoms with E-state index < -0.39 is 0 Å². The summed E-state index contributed by atoms with van der Waals surface area (Å²) in [5, 5.41) is 1.30. The van der Waals surface area contributed by atoms with Gasteiger partial charge in [0.15, 0.2) is 0 Å². The highest BCUT2D eigenvalue weighted by atomic mass is 35.5. The third-order valence-electron chi connectivity index (χ3n) is 3.07. The van der Waals surface area contributed by atoms with Crippen LogP contribution in [0.1, 0.15) is 6.92 Å². The molecule has 1 aromatic rings. The van der Waals surface area contributed by atoms with Crippen LogP contribution in [0.15, 0.2) is 18.2 Å². The van der Waals surface area contributed by atoms with Gasteiger partial charge in [0.25, 0.3) is 0 Å².